The third-order valence-electron chi connectivity index (χ3n) is 4.40. The predicted molar refractivity (Wildman–Crippen MR) is 95.5 cm³/mol. The first-order valence-corrected chi connectivity index (χ1v) is 8.47. The molecular formula is C20H21NO5. The normalized spacial score (nSPS) is 13.4. The van der Waals surface area contributed by atoms with Gasteiger partial charge < -0.3 is 19.9 Å². The standard InChI is InChI=1S/C20H21NO5/c1-25-16-6-2-13(3-7-16)4-9-18(22)21-19(20(23)24)15-5-8-17-14(12-15)10-11-26-17/h2-3,5-8,12,19H,4,9-11H2,1H3,(H,21,22)(H,23,24). The van der Waals surface area contributed by atoms with Gasteiger partial charge in [0.1, 0.15) is 11.5 Å². The molecule has 6 nitrogen and oxygen atoms in total. The third-order valence-corrected chi connectivity index (χ3v) is 4.40. The molecule has 1 amide bonds. The maximum absolute atomic E-state index is 12.2. The summed E-state index contributed by atoms with van der Waals surface area (Å²) in [6.45, 7) is 0.602. The van der Waals surface area contributed by atoms with Gasteiger partial charge in [0.25, 0.3) is 0 Å². The van der Waals surface area contributed by atoms with E-state index in [4.69, 9.17) is 9.47 Å². The SMILES string of the molecule is COc1ccc(CCC(=O)NC(C(=O)O)c2ccc3c(c2)CCO3)cc1. The molecule has 26 heavy (non-hydrogen) atoms. The Morgan fingerprint density at radius 1 is 1.23 bits per heavy atom. The second-order valence-electron chi connectivity index (χ2n) is 6.15. The minimum atomic E-state index is -1.08. The molecule has 0 spiro atoms. The Bertz CT molecular complexity index is 800. The van der Waals surface area contributed by atoms with E-state index in [9.17, 15) is 14.7 Å². The zero-order valence-electron chi connectivity index (χ0n) is 14.5. The van der Waals surface area contributed by atoms with Crippen molar-refractivity contribution in [3.8, 4) is 11.5 Å². The Morgan fingerprint density at radius 2 is 2.00 bits per heavy atom. The molecule has 0 bridgehead atoms. The van der Waals surface area contributed by atoms with Crippen LogP contribution in [0.15, 0.2) is 42.5 Å². The van der Waals surface area contributed by atoms with Gasteiger partial charge in [0.15, 0.2) is 6.04 Å². The highest BCUT2D eigenvalue weighted by molar-refractivity contribution is 5.84. The minimum Gasteiger partial charge on any atom is -0.497 e. The van der Waals surface area contributed by atoms with Crippen molar-refractivity contribution in [2.45, 2.75) is 25.3 Å². The summed E-state index contributed by atoms with van der Waals surface area (Å²) in [6.07, 6.45) is 1.49. The molecule has 2 aromatic carbocycles. The summed E-state index contributed by atoms with van der Waals surface area (Å²) in [5, 5.41) is 12.1. The van der Waals surface area contributed by atoms with Crippen LogP contribution in [-0.4, -0.2) is 30.7 Å². The largest absolute Gasteiger partial charge is 0.497 e. The molecule has 1 aliphatic heterocycles. The average molecular weight is 355 g/mol. The molecular weight excluding hydrogens is 334 g/mol. The molecule has 1 unspecified atom stereocenters. The highest BCUT2D eigenvalue weighted by atomic mass is 16.5. The Labute approximate surface area is 151 Å². The quantitative estimate of drug-likeness (QED) is 0.797. The zero-order chi connectivity index (χ0) is 18.5. The first kappa shape index (κ1) is 17.8. The molecule has 2 N–H and O–H groups in total. The number of rotatable bonds is 7. The van der Waals surface area contributed by atoms with Crippen molar-refractivity contribution in [3.05, 3.63) is 59.2 Å². The van der Waals surface area contributed by atoms with E-state index in [1.165, 1.54) is 0 Å². The lowest BCUT2D eigenvalue weighted by molar-refractivity contribution is -0.142. The second-order valence-corrected chi connectivity index (χ2v) is 6.15. The summed E-state index contributed by atoms with van der Waals surface area (Å²) in [6, 6.07) is 11.6. The van der Waals surface area contributed by atoms with Crippen molar-refractivity contribution in [2.75, 3.05) is 13.7 Å². The number of carboxylic acids is 1. The fourth-order valence-corrected chi connectivity index (χ4v) is 2.96. The molecule has 0 saturated heterocycles. The van der Waals surface area contributed by atoms with Crippen molar-refractivity contribution in [1.82, 2.24) is 5.32 Å². The van der Waals surface area contributed by atoms with Crippen molar-refractivity contribution in [1.29, 1.82) is 0 Å². The Balaban J connectivity index is 1.62. The molecule has 136 valence electrons. The fourth-order valence-electron chi connectivity index (χ4n) is 2.96. The van der Waals surface area contributed by atoms with Crippen molar-refractivity contribution < 1.29 is 24.2 Å². The highest BCUT2D eigenvalue weighted by Gasteiger charge is 2.24. The number of carbonyl (C=O) groups is 2. The van der Waals surface area contributed by atoms with Crippen LogP contribution in [0, 0.1) is 0 Å². The minimum absolute atomic E-state index is 0.212. The van der Waals surface area contributed by atoms with E-state index < -0.39 is 12.0 Å². The molecule has 6 heteroatoms. The van der Waals surface area contributed by atoms with Crippen molar-refractivity contribution in [2.24, 2.45) is 0 Å². The van der Waals surface area contributed by atoms with Gasteiger partial charge in [-0.2, -0.15) is 0 Å². The number of benzene rings is 2. The number of hydrogen-bond donors (Lipinski definition) is 2. The van der Waals surface area contributed by atoms with E-state index >= 15 is 0 Å². The number of nitrogens with one attached hydrogen (secondary N) is 1. The first-order chi connectivity index (χ1) is 12.6. The number of carboxylic acid groups (broad SMARTS) is 1. The number of aryl methyl sites for hydroxylation is 1. The Morgan fingerprint density at radius 3 is 2.69 bits per heavy atom. The van der Waals surface area contributed by atoms with Gasteiger partial charge in [0, 0.05) is 12.8 Å². The molecule has 1 heterocycles. The number of methoxy groups -OCH3 is 1. The fraction of sp³-hybridized carbons (Fsp3) is 0.300. The number of amides is 1. The van der Waals surface area contributed by atoms with E-state index in [0.717, 1.165) is 29.0 Å². The highest BCUT2D eigenvalue weighted by Crippen LogP contribution is 2.28. The number of fused-ring (bicyclic) bond motifs is 1. The Kier molecular flexibility index (Phi) is 5.41. The molecule has 0 radical (unpaired) electrons. The van der Waals surface area contributed by atoms with Gasteiger partial charge in [-0.25, -0.2) is 4.79 Å². The lowest BCUT2D eigenvalue weighted by Crippen LogP contribution is -2.33. The van der Waals surface area contributed by atoms with Crippen LogP contribution >= 0.6 is 0 Å². The van der Waals surface area contributed by atoms with E-state index in [1.807, 2.05) is 24.3 Å². The molecule has 0 fully saturated rings. The van der Waals surface area contributed by atoms with Crippen molar-refractivity contribution >= 4 is 11.9 Å². The number of carbonyl (C=O) groups excluding carboxylic acids is 1. The zero-order valence-corrected chi connectivity index (χ0v) is 14.5. The average Bonchev–Trinajstić information content (AvgIpc) is 3.12. The van der Waals surface area contributed by atoms with Gasteiger partial charge in [0.2, 0.25) is 5.91 Å². The van der Waals surface area contributed by atoms with Crippen LogP contribution < -0.4 is 14.8 Å². The second kappa shape index (κ2) is 7.91. The summed E-state index contributed by atoms with van der Waals surface area (Å²) in [4.78, 5) is 23.9. The lowest BCUT2D eigenvalue weighted by Gasteiger charge is -2.16. The Hall–Kier alpha value is -3.02. The van der Waals surface area contributed by atoms with Gasteiger partial charge in [-0.3, -0.25) is 4.79 Å². The predicted octanol–water partition coefficient (Wildman–Crippen LogP) is 2.50. The smallest absolute Gasteiger partial charge is 0.330 e. The van der Waals surface area contributed by atoms with Gasteiger partial charge in [-0.05, 0) is 47.4 Å². The van der Waals surface area contributed by atoms with Crippen molar-refractivity contribution in [3.63, 3.8) is 0 Å². The summed E-state index contributed by atoms with van der Waals surface area (Å²) in [5.74, 6) is 0.153. The first-order valence-electron chi connectivity index (χ1n) is 8.47. The van der Waals surface area contributed by atoms with Crippen LogP contribution in [0.25, 0.3) is 0 Å². The van der Waals surface area contributed by atoms with E-state index in [1.54, 1.807) is 25.3 Å². The third kappa shape index (κ3) is 4.14. The number of aliphatic carboxylic acids is 1. The molecule has 0 aromatic heterocycles. The topological polar surface area (TPSA) is 84.9 Å². The van der Waals surface area contributed by atoms with Crippen LogP contribution in [0.5, 0.6) is 11.5 Å². The summed E-state index contributed by atoms with van der Waals surface area (Å²) in [7, 11) is 1.60. The maximum Gasteiger partial charge on any atom is 0.330 e. The van der Waals surface area contributed by atoms with Gasteiger partial charge >= 0.3 is 5.97 Å². The van der Waals surface area contributed by atoms with Crippen LogP contribution in [0.2, 0.25) is 0 Å². The lowest BCUT2D eigenvalue weighted by atomic mass is 10.0. The molecule has 0 saturated carbocycles. The molecule has 1 aliphatic rings. The molecule has 2 aromatic rings. The maximum atomic E-state index is 12.2. The van der Waals surface area contributed by atoms with Crippen LogP contribution in [0.4, 0.5) is 0 Å². The van der Waals surface area contributed by atoms with Crippen LogP contribution in [0.3, 0.4) is 0 Å². The summed E-state index contributed by atoms with van der Waals surface area (Å²) < 4.78 is 10.5. The molecule has 1 atom stereocenters. The molecule has 3 rings (SSSR count). The van der Waals surface area contributed by atoms with Gasteiger partial charge in [0.05, 0.1) is 13.7 Å². The van der Waals surface area contributed by atoms with Gasteiger partial charge in [-0.1, -0.05) is 18.2 Å². The number of ether oxygens (including phenoxy) is 2. The van der Waals surface area contributed by atoms with E-state index in [-0.39, 0.29) is 12.3 Å². The molecule has 0 aliphatic carbocycles. The van der Waals surface area contributed by atoms with Crippen LogP contribution in [-0.2, 0) is 22.4 Å². The van der Waals surface area contributed by atoms with Crippen LogP contribution in [0.1, 0.15) is 29.2 Å². The summed E-state index contributed by atoms with van der Waals surface area (Å²) >= 11 is 0. The number of hydrogen-bond acceptors (Lipinski definition) is 4. The monoisotopic (exact) mass is 355 g/mol. The summed E-state index contributed by atoms with van der Waals surface area (Å²) in [5.41, 5.74) is 2.52. The van der Waals surface area contributed by atoms with E-state index in [0.29, 0.717) is 18.6 Å². The van der Waals surface area contributed by atoms with E-state index in [2.05, 4.69) is 5.32 Å². The van der Waals surface area contributed by atoms with Gasteiger partial charge in [-0.15, -0.1) is 0 Å².